The minimum atomic E-state index is 0.734. The summed E-state index contributed by atoms with van der Waals surface area (Å²) in [7, 11) is 3.63. The van der Waals surface area contributed by atoms with Crippen LogP contribution in [-0.2, 0) is 13.6 Å². The first kappa shape index (κ1) is 11.5. The molecule has 17 heavy (non-hydrogen) atoms. The molecule has 0 spiro atoms. The van der Waals surface area contributed by atoms with E-state index in [0.717, 1.165) is 29.4 Å². The van der Waals surface area contributed by atoms with E-state index in [2.05, 4.69) is 16.5 Å². The maximum Gasteiger partial charge on any atom is 0.141 e. The van der Waals surface area contributed by atoms with Gasteiger partial charge in [0.15, 0.2) is 0 Å². The van der Waals surface area contributed by atoms with Crippen molar-refractivity contribution in [2.45, 2.75) is 13.5 Å². The summed E-state index contributed by atoms with van der Waals surface area (Å²) in [5, 5.41) is 7.66. The van der Waals surface area contributed by atoms with Crippen LogP contribution in [0.25, 0.3) is 0 Å². The van der Waals surface area contributed by atoms with Gasteiger partial charge in [-0.1, -0.05) is 12.1 Å². The molecular weight excluding hydrogens is 214 g/mol. The van der Waals surface area contributed by atoms with Gasteiger partial charge in [0, 0.05) is 7.05 Å². The van der Waals surface area contributed by atoms with Gasteiger partial charge in [0.05, 0.1) is 30.7 Å². The molecule has 0 amide bonds. The molecule has 1 aromatic heterocycles. The van der Waals surface area contributed by atoms with Gasteiger partial charge in [-0.25, -0.2) is 0 Å². The average molecular weight is 231 g/mol. The second-order valence-electron chi connectivity index (χ2n) is 3.95. The third-order valence-electron chi connectivity index (χ3n) is 2.67. The summed E-state index contributed by atoms with van der Waals surface area (Å²) in [6.07, 6.45) is 0. The fourth-order valence-corrected chi connectivity index (χ4v) is 1.81. The minimum Gasteiger partial charge on any atom is -0.495 e. The molecule has 4 nitrogen and oxygen atoms in total. The lowest BCUT2D eigenvalue weighted by atomic mass is 10.3. The van der Waals surface area contributed by atoms with Crippen LogP contribution >= 0.6 is 0 Å². The Bertz CT molecular complexity index is 505. The molecule has 2 aromatic rings. The molecule has 1 aromatic carbocycles. The van der Waals surface area contributed by atoms with Crippen LogP contribution in [0.3, 0.4) is 0 Å². The number of nitrogens with zero attached hydrogens (tertiary/aromatic N) is 2. The Labute approximate surface area is 101 Å². The molecule has 0 bridgehead atoms. The molecule has 1 N–H and O–H groups in total. The van der Waals surface area contributed by atoms with Gasteiger partial charge in [-0.2, -0.15) is 5.10 Å². The number of aryl methyl sites for hydroxylation is 2. The van der Waals surface area contributed by atoms with Crippen LogP contribution in [0.4, 0.5) is 5.69 Å². The van der Waals surface area contributed by atoms with E-state index < -0.39 is 0 Å². The van der Waals surface area contributed by atoms with Gasteiger partial charge < -0.3 is 10.1 Å². The van der Waals surface area contributed by atoms with Crippen LogP contribution in [0.2, 0.25) is 0 Å². The number of methoxy groups -OCH3 is 1. The summed E-state index contributed by atoms with van der Waals surface area (Å²) >= 11 is 0. The Morgan fingerprint density at radius 3 is 2.76 bits per heavy atom. The van der Waals surface area contributed by atoms with Crippen molar-refractivity contribution < 1.29 is 4.74 Å². The molecular formula is C13H17N3O. The fourth-order valence-electron chi connectivity index (χ4n) is 1.81. The number of hydrogen-bond donors (Lipinski definition) is 1. The first-order valence-electron chi connectivity index (χ1n) is 5.57. The quantitative estimate of drug-likeness (QED) is 0.878. The van der Waals surface area contributed by atoms with Gasteiger partial charge in [-0.05, 0) is 25.1 Å². The highest BCUT2D eigenvalue weighted by Crippen LogP contribution is 2.23. The third kappa shape index (κ3) is 2.58. The maximum absolute atomic E-state index is 5.28. The molecule has 0 fully saturated rings. The van der Waals surface area contributed by atoms with E-state index in [4.69, 9.17) is 4.74 Å². The van der Waals surface area contributed by atoms with Gasteiger partial charge in [0.1, 0.15) is 5.75 Å². The number of rotatable bonds is 4. The van der Waals surface area contributed by atoms with E-state index >= 15 is 0 Å². The number of anilines is 1. The molecule has 0 aliphatic heterocycles. The number of ether oxygens (including phenoxy) is 1. The zero-order chi connectivity index (χ0) is 12.3. The molecule has 4 heteroatoms. The van der Waals surface area contributed by atoms with Crippen LogP contribution in [0.5, 0.6) is 5.75 Å². The predicted molar refractivity (Wildman–Crippen MR) is 68.3 cm³/mol. The van der Waals surface area contributed by atoms with E-state index in [0.29, 0.717) is 0 Å². The average Bonchev–Trinajstić information content (AvgIpc) is 2.65. The first-order chi connectivity index (χ1) is 8.20. The molecule has 0 unspecified atom stereocenters. The Morgan fingerprint density at radius 1 is 1.35 bits per heavy atom. The SMILES string of the molecule is COc1ccccc1NCc1cc(C)nn1C. The third-order valence-corrected chi connectivity index (χ3v) is 2.67. The van der Waals surface area contributed by atoms with Gasteiger partial charge >= 0.3 is 0 Å². The van der Waals surface area contributed by atoms with Crippen LogP contribution in [0.1, 0.15) is 11.4 Å². The predicted octanol–water partition coefficient (Wildman–Crippen LogP) is 2.35. The van der Waals surface area contributed by atoms with Gasteiger partial charge in [-0.15, -0.1) is 0 Å². The molecule has 0 saturated carbocycles. The van der Waals surface area contributed by atoms with Gasteiger partial charge in [-0.3, -0.25) is 4.68 Å². The molecule has 90 valence electrons. The lowest BCUT2D eigenvalue weighted by Gasteiger charge is -2.10. The van der Waals surface area contributed by atoms with E-state index in [1.807, 2.05) is 42.9 Å². The first-order valence-corrected chi connectivity index (χ1v) is 5.57. The molecule has 0 saturated heterocycles. The fraction of sp³-hybridized carbons (Fsp3) is 0.308. The maximum atomic E-state index is 5.28. The largest absolute Gasteiger partial charge is 0.495 e. The van der Waals surface area contributed by atoms with Crippen LogP contribution in [-0.4, -0.2) is 16.9 Å². The lowest BCUT2D eigenvalue weighted by Crippen LogP contribution is -2.06. The summed E-state index contributed by atoms with van der Waals surface area (Å²) in [6.45, 7) is 2.73. The minimum absolute atomic E-state index is 0.734. The van der Waals surface area contributed by atoms with Crippen molar-refractivity contribution >= 4 is 5.69 Å². The van der Waals surface area contributed by atoms with Gasteiger partial charge in [0.25, 0.3) is 0 Å². The van der Waals surface area contributed by atoms with E-state index in [1.54, 1.807) is 7.11 Å². The van der Waals surface area contributed by atoms with Crippen LogP contribution < -0.4 is 10.1 Å². The van der Waals surface area contributed by atoms with Crippen molar-refractivity contribution in [3.8, 4) is 5.75 Å². The monoisotopic (exact) mass is 231 g/mol. The molecule has 1 heterocycles. The zero-order valence-electron chi connectivity index (χ0n) is 10.4. The van der Waals surface area contributed by atoms with Crippen molar-refractivity contribution in [1.29, 1.82) is 0 Å². The number of nitrogens with one attached hydrogen (secondary N) is 1. The van der Waals surface area contributed by atoms with Crippen molar-refractivity contribution in [2.24, 2.45) is 7.05 Å². The second-order valence-corrected chi connectivity index (χ2v) is 3.95. The van der Waals surface area contributed by atoms with Crippen molar-refractivity contribution in [2.75, 3.05) is 12.4 Å². The number of benzene rings is 1. The van der Waals surface area contributed by atoms with Crippen molar-refractivity contribution in [3.05, 3.63) is 41.7 Å². The zero-order valence-corrected chi connectivity index (χ0v) is 10.4. The number of para-hydroxylation sites is 2. The van der Waals surface area contributed by atoms with E-state index in [1.165, 1.54) is 0 Å². The summed E-state index contributed by atoms with van der Waals surface area (Å²) in [5.41, 5.74) is 3.17. The van der Waals surface area contributed by atoms with Gasteiger partial charge in [0.2, 0.25) is 0 Å². The standard InChI is InChI=1S/C13H17N3O/c1-10-8-11(16(2)15-10)9-14-12-6-4-5-7-13(12)17-3/h4-8,14H,9H2,1-3H3. The highest BCUT2D eigenvalue weighted by atomic mass is 16.5. The number of hydrogen-bond acceptors (Lipinski definition) is 3. The summed E-state index contributed by atoms with van der Waals surface area (Å²) in [4.78, 5) is 0. The summed E-state index contributed by atoms with van der Waals surface area (Å²) in [6, 6.07) is 9.96. The van der Waals surface area contributed by atoms with E-state index in [9.17, 15) is 0 Å². The van der Waals surface area contributed by atoms with Crippen molar-refractivity contribution in [1.82, 2.24) is 9.78 Å². The Morgan fingerprint density at radius 2 is 2.12 bits per heavy atom. The highest BCUT2D eigenvalue weighted by molar-refractivity contribution is 5.56. The van der Waals surface area contributed by atoms with Crippen LogP contribution in [0, 0.1) is 6.92 Å². The molecule has 0 atom stereocenters. The Hall–Kier alpha value is -1.97. The normalized spacial score (nSPS) is 10.3. The second kappa shape index (κ2) is 4.91. The highest BCUT2D eigenvalue weighted by Gasteiger charge is 2.04. The molecule has 0 aliphatic carbocycles. The van der Waals surface area contributed by atoms with Crippen molar-refractivity contribution in [3.63, 3.8) is 0 Å². The lowest BCUT2D eigenvalue weighted by molar-refractivity contribution is 0.416. The van der Waals surface area contributed by atoms with Crippen LogP contribution in [0.15, 0.2) is 30.3 Å². The summed E-state index contributed by atoms with van der Waals surface area (Å²) < 4.78 is 7.17. The topological polar surface area (TPSA) is 39.1 Å². The molecule has 0 radical (unpaired) electrons. The Balaban J connectivity index is 2.09. The Kier molecular flexibility index (Phi) is 3.32. The molecule has 2 rings (SSSR count). The summed E-state index contributed by atoms with van der Waals surface area (Å²) in [5.74, 6) is 0.853. The number of aromatic nitrogens is 2. The molecule has 0 aliphatic rings. The smallest absolute Gasteiger partial charge is 0.141 e. The van der Waals surface area contributed by atoms with E-state index in [-0.39, 0.29) is 0 Å².